The number of amides is 1. The van der Waals surface area contributed by atoms with E-state index in [0.717, 1.165) is 21.7 Å². The van der Waals surface area contributed by atoms with Crippen molar-refractivity contribution >= 4 is 27.6 Å². The number of hydrogen-bond acceptors (Lipinski definition) is 4. The normalized spacial score (nSPS) is 10.9. The molecule has 0 saturated carbocycles. The highest BCUT2D eigenvalue weighted by Crippen LogP contribution is 2.29. The molecule has 3 aromatic carbocycles. The summed E-state index contributed by atoms with van der Waals surface area (Å²) in [5.74, 6) is 1.31. The number of ether oxygens (including phenoxy) is 2. The van der Waals surface area contributed by atoms with Crippen LogP contribution in [0.25, 0.3) is 21.7 Å². The molecule has 0 aliphatic carbocycles. The van der Waals surface area contributed by atoms with Crippen LogP contribution < -0.4 is 14.8 Å². The molecule has 0 saturated heterocycles. The van der Waals surface area contributed by atoms with Crippen molar-refractivity contribution in [3.8, 4) is 11.5 Å². The molecule has 0 aliphatic rings. The SMILES string of the molecule is COc1ccc(CNC(=O)c2cc3c(ccc4ccccc43)o2)cc1OC. The molecule has 0 atom stereocenters. The molecule has 5 heteroatoms. The Kier molecular flexibility index (Phi) is 4.42. The molecule has 1 N–H and O–H groups in total. The van der Waals surface area contributed by atoms with Gasteiger partial charge in [-0.05, 0) is 40.6 Å². The minimum Gasteiger partial charge on any atom is -0.493 e. The quantitative estimate of drug-likeness (QED) is 0.567. The van der Waals surface area contributed by atoms with Gasteiger partial charge in [0.1, 0.15) is 5.58 Å². The summed E-state index contributed by atoms with van der Waals surface area (Å²) in [6.07, 6.45) is 0. The largest absolute Gasteiger partial charge is 0.493 e. The molecule has 0 fully saturated rings. The van der Waals surface area contributed by atoms with E-state index in [1.54, 1.807) is 20.3 Å². The molecule has 1 amide bonds. The number of methoxy groups -OCH3 is 2. The van der Waals surface area contributed by atoms with Crippen LogP contribution in [0.4, 0.5) is 0 Å². The lowest BCUT2D eigenvalue weighted by Gasteiger charge is -2.09. The third-order valence-electron chi connectivity index (χ3n) is 4.55. The van der Waals surface area contributed by atoms with Crippen LogP contribution in [0.3, 0.4) is 0 Å². The summed E-state index contributed by atoms with van der Waals surface area (Å²) < 4.78 is 16.3. The second-order valence-electron chi connectivity index (χ2n) is 6.18. The maximum atomic E-state index is 12.5. The first-order chi connectivity index (χ1) is 13.2. The first-order valence-corrected chi connectivity index (χ1v) is 8.60. The van der Waals surface area contributed by atoms with Gasteiger partial charge in [0.05, 0.1) is 14.2 Å². The fraction of sp³-hybridized carbons (Fsp3) is 0.136. The third-order valence-corrected chi connectivity index (χ3v) is 4.55. The number of nitrogens with one attached hydrogen (secondary N) is 1. The van der Waals surface area contributed by atoms with Crippen molar-refractivity contribution in [1.29, 1.82) is 0 Å². The molecule has 0 unspecified atom stereocenters. The molecule has 5 nitrogen and oxygen atoms in total. The fourth-order valence-electron chi connectivity index (χ4n) is 3.16. The van der Waals surface area contributed by atoms with E-state index >= 15 is 0 Å². The van der Waals surface area contributed by atoms with Crippen molar-refractivity contribution in [1.82, 2.24) is 5.32 Å². The Labute approximate surface area is 156 Å². The van der Waals surface area contributed by atoms with Gasteiger partial charge in [-0.1, -0.05) is 36.4 Å². The van der Waals surface area contributed by atoms with E-state index in [9.17, 15) is 4.79 Å². The van der Waals surface area contributed by atoms with E-state index in [1.807, 2.05) is 54.6 Å². The van der Waals surface area contributed by atoms with Gasteiger partial charge in [-0.3, -0.25) is 4.79 Å². The number of fused-ring (bicyclic) bond motifs is 3. The maximum Gasteiger partial charge on any atom is 0.287 e. The lowest BCUT2D eigenvalue weighted by molar-refractivity contribution is 0.0925. The Bertz CT molecular complexity index is 1130. The Hall–Kier alpha value is -3.47. The predicted molar refractivity (Wildman–Crippen MR) is 104 cm³/mol. The van der Waals surface area contributed by atoms with Crippen molar-refractivity contribution in [3.05, 3.63) is 72.0 Å². The van der Waals surface area contributed by atoms with Crippen LogP contribution in [0.2, 0.25) is 0 Å². The molecule has 0 radical (unpaired) electrons. The molecule has 4 aromatic rings. The summed E-state index contributed by atoms with van der Waals surface area (Å²) in [6.45, 7) is 0.358. The zero-order valence-electron chi connectivity index (χ0n) is 15.1. The number of carbonyl (C=O) groups excluding carboxylic acids is 1. The van der Waals surface area contributed by atoms with E-state index in [1.165, 1.54) is 0 Å². The summed E-state index contributed by atoms with van der Waals surface area (Å²) >= 11 is 0. The molecule has 4 rings (SSSR count). The van der Waals surface area contributed by atoms with Crippen molar-refractivity contribution in [2.75, 3.05) is 14.2 Å². The molecule has 27 heavy (non-hydrogen) atoms. The van der Waals surface area contributed by atoms with Crippen LogP contribution in [0.15, 0.2) is 65.1 Å². The van der Waals surface area contributed by atoms with Crippen LogP contribution in [0, 0.1) is 0 Å². The van der Waals surface area contributed by atoms with Crippen molar-refractivity contribution in [2.45, 2.75) is 6.54 Å². The fourth-order valence-corrected chi connectivity index (χ4v) is 3.16. The first kappa shape index (κ1) is 17.0. The third kappa shape index (κ3) is 3.19. The first-order valence-electron chi connectivity index (χ1n) is 8.60. The van der Waals surface area contributed by atoms with Gasteiger partial charge >= 0.3 is 0 Å². The zero-order chi connectivity index (χ0) is 18.8. The number of hydrogen-bond donors (Lipinski definition) is 1. The smallest absolute Gasteiger partial charge is 0.287 e. The van der Waals surface area contributed by atoms with Gasteiger partial charge in [0.25, 0.3) is 5.91 Å². The van der Waals surface area contributed by atoms with Crippen LogP contribution in [0.1, 0.15) is 16.1 Å². The van der Waals surface area contributed by atoms with Crippen LogP contribution in [-0.2, 0) is 6.54 Å². The molecular weight excluding hydrogens is 342 g/mol. The van der Waals surface area contributed by atoms with Gasteiger partial charge in [0.2, 0.25) is 0 Å². The Balaban J connectivity index is 1.56. The average Bonchev–Trinajstić information content (AvgIpc) is 3.16. The van der Waals surface area contributed by atoms with Crippen LogP contribution >= 0.6 is 0 Å². The van der Waals surface area contributed by atoms with Gasteiger partial charge in [-0.2, -0.15) is 0 Å². The van der Waals surface area contributed by atoms with Crippen molar-refractivity contribution in [2.24, 2.45) is 0 Å². The second kappa shape index (κ2) is 7.03. The highest BCUT2D eigenvalue weighted by atomic mass is 16.5. The Morgan fingerprint density at radius 1 is 0.926 bits per heavy atom. The maximum absolute atomic E-state index is 12.5. The average molecular weight is 361 g/mol. The molecule has 1 heterocycles. The lowest BCUT2D eigenvalue weighted by Crippen LogP contribution is -2.22. The van der Waals surface area contributed by atoms with Gasteiger partial charge in [-0.15, -0.1) is 0 Å². The molecule has 0 bridgehead atoms. The molecular formula is C22H19NO4. The van der Waals surface area contributed by atoms with E-state index in [0.29, 0.717) is 29.4 Å². The zero-order valence-corrected chi connectivity index (χ0v) is 15.1. The monoisotopic (exact) mass is 361 g/mol. The lowest BCUT2D eigenvalue weighted by atomic mass is 10.1. The number of rotatable bonds is 5. The highest BCUT2D eigenvalue weighted by molar-refractivity contribution is 6.08. The van der Waals surface area contributed by atoms with Crippen LogP contribution in [0.5, 0.6) is 11.5 Å². The van der Waals surface area contributed by atoms with Gasteiger partial charge in [0.15, 0.2) is 17.3 Å². The standard InChI is InChI=1S/C22H19NO4/c1-25-19-9-7-14(11-20(19)26-2)13-23-22(24)21-12-17-16-6-4-3-5-15(16)8-10-18(17)27-21/h3-12H,13H2,1-2H3,(H,23,24). The van der Waals surface area contributed by atoms with Gasteiger partial charge < -0.3 is 19.2 Å². The predicted octanol–water partition coefficient (Wildman–Crippen LogP) is 4.53. The molecule has 0 spiro atoms. The number of carbonyl (C=O) groups is 1. The summed E-state index contributed by atoms with van der Waals surface area (Å²) in [6, 6.07) is 19.2. The minimum absolute atomic E-state index is 0.259. The topological polar surface area (TPSA) is 60.7 Å². The second-order valence-corrected chi connectivity index (χ2v) is 6.18. The highest BCUT2D eigenvalue weighted by Gasteiger charge is 2.14. The Morgan fingerprint density at radius 3 is 2.56 bits per heavy atom. The summed E-state index contributed by atoms with van der Waals surface area (Å²) in [5.41, 5.74) is 1.60. The Morgan fingerprint density at radius 2 is 1.74 bits per heavy atom. The van der Waals surface area contributed by atoms with E-state index in [-0.39, 0.29) is 5.91 Å². The number of benzene rings is 3. The minimum atomic E-state index is -0.259. The molecule has 136 valence electrons. The van der Waals surface area contributed by atoms with Gasteiger partial charge in [0, 0.05) is 11.9 Å². The van der Waals surface area contributed by atoms with Gasteiger partial charge in [-0.25, -0.2) is 0 Å². The summed E-state index contributed by atoms with van der Waals surface area (Å²) in [4.78, 5) is 12.5. The van der Waals surface area contributed by atoms with Crippen molar-refractivity contribution in [3.63, 3.8) is 0 Å². The molecule has 0 aliphatic heterocycles. The number of furan rings is 1. The summed E-state index contributed by atoms with van der Waals surface area (Å²) in [5, 5.41) is 6.00. The van der Waals surface area contributed by atoms with E-state index < -0.39 is 0 Å². The van der Waals surface area contributed by atoms with Crippen LogP contribution in [-0.4, -0.2) is 20.1 Å². The van der Waals surface area contributed by atoms with E-state index in [4.69, 9.17) is 13.9 Å². The summed E-state index contributed by atoms with van der Waals surface area (Å²) in [7, 11) is 3.17. The van der Waals surface area contributed by atoms with E-state index in [2.05, 4.69) is 5.32 Å². The van der Waals surface area contributed by atoms with Crippen molar-refractivity contribution < 1.29 is 18.7 Å². The molecule has 1 aromatic heterocycles.